The van der Waals surface area contributed by atoms with Gasteiger partial charge in [0.25, 0.3) is 5.91 Å². The molecular formula is C20H24N4O3. The monoisotopic (exact) mass is 368 g/mol. The Morgan fingerprint density at radius 2 is 1.56 bits per heavy atom. The predicted octanol–water partition coefficient (Wildman–Crippen LogP) is 3.23. The molecular weight excluding hydrogens is 344 g/mol. The van der Waals surface area contributed by atoms with Gasteiger partial charge >= 0.3 is 6.03 Å². The number of nitrogens with zero attached hydrogens (tertiary/aromatic N) is 1. The van der Waals surface area contributed by atoms with Gasteiger partial charge in [-0.1, -0.05) is 18.2 Å². The van der Waals surface area contributed by atoms with Crippen molar-refractivity contribution < 1.29 is 14.4 Å². The van der Waals surface area contributed by atoms with Crippen LogP contribution in [-0.2, 0) is 4.79 Å². The number of rotatable bonds is 5. The van der Waals surface area contributed by atoms with Crippen LogP contribution in [0.15, 0.2) is 48.5 Å². The first kappa shape index (κ1) is 20.0. The first-order valence-electron chi connectivity index (χ1n) is 8.53. The highest BCUT2D eigenvalue weighted by molar-refractivity contribution is 5.96. The van der Waals surface area contributed by atoms with E-state index in [0.717, 1.165) is 5.56 Å². The second-order valence-corrected chi connectivity index (χ2v) is 6.41. The van der Waals surface area contributed by atoms with E-state index < -0.39 is 0 Å². The highest BCUT2D eigenvalue weighted by atomic mass is 16.2. The number of amides is 4. The Morgan fingerprint density at radius 1 is 0.926 bits per heavy atom. The van der Waals surface area contributed by atoms with Crippen LogP contribution in [0.5, 0.6) is 0 Å². The second kappa shape index (κ2) is 8.84. The van der Waals surface area contributed by atoms with Crippen LogP contribution in [0.1, 0.15) is 35.8 Å². The molecule has 1 atom stereocenters. The Morgan fingerprint density at radius 3 is 2.19 bits per heavy atom. The average molecular weight is 368 g/mol. The molecule has 7 nitrogen and oxygen atoms in total. The van der Waals surface area contributed by atoms with E-state index in [1.165, 1.54) is 11.8 Å². The fraction of sp³-hybridized carbons (Fsp3) is 0.250. The van der Waals surface area contributed by atoms with Crippen LogP contribution >= 0.6 is 0 Å². The largest absolute Gasteiger partial charge is 0.345 e. The molecule has 0 saturated heterocycles. The SMILES string of the molecule is CC(=O)Nc1cccc(C(C)NC(=O)Nc2cccc(C(=O)N(C)C)c2)c1. The summed E-state index contributed by atoms with van der Waals surface area (Å²) in [4.78, 5) is 37.0. The molecule has 2 rings (SSSR count). The molecule has 0 aliphatic carbocycles. The van der Waals surface area contributed by atoms with Crippen molar-refractivity contribution in [3.8, 4) is 0 Å². The molecule has 7 heteroatoms. The van der Waals surface area contributed by atoms with Crippen LogP contribution in [-0.4, -0.2) is 36.8 Å². The summed E-state index contributed by atoms with van der Waals surface area (Å²) in [6, 6.07) is 13.4. The maximum absolute atomic E-state index is 12.3. The minimum Gasteiger partial charge on any atom is -0.345 e. The Hall–Kier alpha value is -3.35. The third-order valence-corrected chi connectivity index (χ3v) is 3.83. The van der Waals surface area contributed by atoms with Gasteiger partial charge in [0.15, 0.2) is 0 Å². The van der Waals surface area contributed by atoms with Gasteiger partial charge < -0.3 is 20.9 Å². The molecule has 0 aromatic heterocycles. The van der Waals surface area contributed by atoms with Gasteiger partial charge in [0.1, 0.15) is 0 Å². The number of carbonyl (C=O) groups excluding carboxylic acids is 3. The third-order valence-electron chi connectivity index (χ3n) is 3.83. The molecule has 0 bridgehead atoms. The maximum Gasteiger partial charge on any atom is 0.319 e. The number of hydrogen-bond donors (Lipinski definition) is 3. The van der Waals surface area contributed by atoms with Gasteiger partial charge in [0.05, 0.1) is 6.04 Å². The molecule has 2 aromatic rings. The summed E-state index contributed by atoms with van der Waals surface area (Å²) in [6.45, 7) is 3.29. The molecule has 0 spiro atoms. The fourth-order valence-electron chi connectivity index (χ4n) is 2.52. The molecule has 4 amide bonds. The summed E-state index contributed by atoms with van der Waals surface area (Å²) in [6.07, 6.45) is 0. The van der Waals surface area contributed by atoms with E-state index in [4.69, 9.17) is 0 Å². The van der Waals surface area contributed by atoms with Gasteiger partial charge in [-0.05, 0) is 42.8 Å². The van der Waals surface area contributed by atoms with E-state index in [2.05, 4.69) is 16.0 Å². The van der Waals surface area contributed by atoms with Crippen molar-refractivity contribution in [1.82, 2.24) is 10.2 Å². The molecule has 0 saturated carbocycles. The van der Waals surface area contributed by atoms with Gasteiger partial charge in [0.2, 0.25) is 5.91 Å². The van der Waals surface area contributed by atoms with E-state index in [1.807, 2.05) is 25.1 Å². The number of hydrogen-bond acceptors (Lipinski definition) is 3. The van der Waals surface area contributed by atoms with Crippen LogP contribution in [0.3, 0.4) is 0 Å². The lowest BCUT2D eigenvalue weighted by atomic mass is 10.1. The summed E-state index contributed by atoms with van der Waals surface area (Å²) in [5, 5.41) is 8.29. The second-order valence-electron chi connectivity index (χ2n) is 6.41. The average Bonchev–Trinajstić information content (AvgIpc) is 2.60. The molecule has 142 valence electrons. The van der Waals surface area contributed by atoms with Crippen LogP contribution in [0.4, 0.5) is 16.2 Å². The van der Waals surface area contributed by atoms with Crippen LogP contribution in [0.25, 0.3) is 0 Å². The van der Waals surface area contributed by atoms with Crippen LogP contribution in [0.2, 0.25) is 0 Å². The molecule has 0 heterocycles. The van der Waals surface area contributed by atoms with E-state index in [-0.39, 0.29) is 23.9 Å². The Labute approximate surface area is 158 Å². The standard InChI is InChI=1S/C20H24N4O3/c1-13(15-7-5-9-17(11-15)22-14(2)25)21-20(27)23-18-10-6-8-16(12-18)19(26)24(3)4/h5-13H,1-4H3,(H,22,25)(H2,21,23,27). The van der Waals surface area contributed by atoms with Crippen molar-refractivity contribution in [1.29, 1.82) is 0 Å². The van der Waals surface area contributed by atoms with Crippen molar-refractivity contribution in [3.63, 3.8) is 0 Å². The van der Waals surface area contributed by atoms with Gasteiger partial charge in [0, 0.05) is 38.0 Å². The molecule has 0 fully saturated rings. The van der Waals surface area contributed by atoms with Crippen molar-refractivity contribution in [2.24, 2.45) is 0 Å². The molecule has 0 aliphatic rings. The number of benzene rings is 2. The number of carbonyl (C=O) groups is 3. The maximum atomic E-state index is 12.3. The smallest absolute Gasteiger partial charge is 0.319 e. The Balaban J connectivity index is 2.02. The van der Waals surface area contributed by atoms with Gasteiger partial charge in [-0.25, -0.2) is 4.79 Å². The summed E-state index contributed by atoms with van der Waals surface area (Å²) in [5.41, 5.74) is 2.55. The first-order valence-corrected chi connectivity index (χ1v) is 8.53. The summed E-state index contributed by atoms with van der Waals surface area (Å²) in [7, 11) is 3.35. The van der Waals surface area contributed by atoms with Gasteiger partial charge in [-0.2, -0.15) is 0 Å². The number of urea groups is 1. The number of nitrogens with one attached hydrogen (secondary N) is 3. The van der Waals surface area contributed by atoms with E-state index >= 15 is 0 Å². The lowest BCUT2D eigenvalue weighted by molar-refractivity contribution is -0.114. The fourth-order valence-corrected chi connectivity index (χ4v) is 2.52. The summed E-state index contributed by atoms with van der Waals surface area (Å²) >= 11 is 0. The third kappa shape index (κ3) is 5.85. The molecule has 2 aromatic carbocycles. The lowest BCUT2D eigenvalue weighted by Crippen LogP contribution is -2.31. The van der Waals surface area contributed by atoms with Gasteiger partial charge in [-0.15, -0.1) is 0 Å². The summed E-state index contributed by atoms with van der Waals surface area (Å²) < 4.78 is 0. The molecule has 0 radical (unpaired) electrons. The van der Waals surface area contributed by atoms with Crippen molar-refractivity contribution in [3.05, 3.63) is 59.7 Å². The minimum atomic E-state index is -0.387. The van der Waals surface area contributed by atoms with E-state index in [1.54, 1.807) is 44.4 Å². The van der Waals surface area contributed by atoms with E-state index in [9.17, 15) is 14.4 Å². The zero-order valence-electron chi connectivity index (χ0n) is 15.9. The highest BCUT2D eigenvalue weighted by Crippen LogP contribution is 2.18. The predicted molar refractivity (Wildman–Crippen MR) is 106 cm³/mol. The topological polar surface area (TPSA) is 90.5 Å². The quantitative estimate of drug-likeness (QED) is 0.757. The normalized spacial score (nSPS) is 11.3. The Bertz CT molecular complexity index is 849. The van der Waals surface area contributed by atoms with Crippen LogP contribution < -0.4 is 16.0 Å². The molecule has 1 unspecified atom stereocenters. The zero-order chi connectivity index (χ0) is 20.0. The first-order chi connectivity index (χ1) is 12.8. The van der Waals surface area contributed by atoms with Gasteiger partial charge in [-0.3, -0.25) is 9.59 Å². The summed E-state index contributed by atoms with van der Waals surface area (Å²) in [5.74, 6) is -0.292. The highest BCUT2D eigenvalue weighted by Gasteiger charge is 2.12. The van der Waals surface area contributed by atoms with Crippen molar-refractivity contribution >= 4 is 29.2 Å². The number of anilines is 2. The van der Waals surface area contributed by atoms with Crippen molar-refractivity contribution in [2.75, 3.05) is 24.7 Å². The minimum absolute atomic E-state index is 0.137. The molecule has 0 aliphatic heterocycles. The molecule has 27 heavy (non-hydrogen) atoms. The molecule has 3 N–H and O–H groups in total. The van der Waals surface area contributed by atoms with Crippen molar-refractivity contribution in [2.45, 2.75) is 19.9 Å². The lowest BCUT2D eigenvalue weighted by Gasteiger charge is -2.17. The zero-order valence-corrected chi connectivity index (χ0v) is 15.9. The van der Waals surface area contributed by atoms with E-state index in [0.29, 0.717) is 16.9 Å². The Kier molecular flexibility index (Phi) is 6.54. The van der Waals surface area contributed by atoms with Crippen LogP contribution in [0, 0.1) is 0 Å².